The average Bonchev–Trinajstić information content (AvgIpc) is 2.53. The van der Waals surface area contributed by atoms with Crippen LogP contribution in [0.3, 0.4) is 0 Å². The van der Waals surface area contributed by atoms with E-state index in [1.54, 1.807) is 0 Å². The monoisotopic (exact) mass is 307 g/mol. The van der Waals surface area contributed by atoms with Gasteiger partial charge in [-0.25, -0.2) is 0 Å². The van der Waals surface area contributed by atoms with Crippen molar-refractivity contribution in [2.24, 2.45) is 0 Å². The maximum absolute atomic E-state index is 3.56. The van der Waals surface area contributed by atoms with Crippen LogP contribution >= 0.6 is 0 Å². The Morgan fingerprint density at radius 3 is 1.82 bits per heavy atom. The van der Waals surface area contributed by atoms with Gasteiger partial charge in [-0.2, -0.15) is 0 Å². The first-order chi connectivity index (χ1) is 10.4. The summed E-state index contributed by atoms with van der Waals surface area (Å²) < 4.78 is 0. The molecule has 0 aliphatic heterocycles. The van der Waals surface area contributed by atoms with E-state index in [9.17, 15) is 0 Å². The second kappa shape index (κ2) is 16.5. The molecule has 1 aromatic rings. The molecule has 2 heteroatoms. The van der Waals surface area contributed by atoms with E-state index >= 15 is 0 Å². The first kappa shape index (κ1) is 21.1. The van der Waals surface area contributed by atoms with Gasteiger partial charge in [0.1, 0.15) is 0 Å². The summed E-state index contributed by atoms with van der Waals surface area (Å²) in [4.78, 5) is 0. The lowest BCUT2D eigenvalue weighted by Gasteiger charge is -2.05. The summed E-state index contributed by atoms with van der Waals surface area (Å²) in [6.07, 6.45) is 15.3. The Morgan fingerprint density at radius 1 is 0.682 bits per heavy atom. The van der Waals surface area contributed by atoms with Crippen molar-refractivity contribution in [2.75, 3.05) is 13.1 Å². The molecule has 0 heterocycles. The van der Waals surface area contributed by atoms with Crippen molar-refractivity contribution in [2.45, 2.75) is 77.6 Å². The highest BCUT2D eigenvalue weighted by Crippen LogP contribution is 2.10. The Bertz CT molecular complexity index is 313. The molecule has 0 bridgehead atoms. The molecule has 0 unspecified atom stereocenters. The van der Waals surface area contributed by atoms with E-state index < -0.39 is 0 Å². The van der Waals surface area contributed by atoms with Crippen molar-refractivity contribution in [3.8, 4) is 0 Å². The summed E-state index contributed by atoms with van der Waals surface area (Å²) in [6, 6.07) is 10.8. The van der Waals surface area contributed by atoms with Gasteiger partial charge in [-0.15, -0.1) is 0 Å². The summed E-state index contributed by atoms with van der Waals surface area (Å²) >= 11 is 0. The zero-order valence-electron chi connectivity index (χ0n) is 14.6. The average molecular weight is 308 g/mol. The number of hydrogen-bond donors (Lipinski definition) is 1. The van der Waals surface area contributed by atoms with Crippen LogP contribution in [0.25, 0.3) is 0 Å². The largest absolute Gasteiger partial charge is 0.412 e. The highest BCUT2D eigenvalue weighted by Gasteiger charge is 1.94. The first-order valence-electron chi connectivity index (χ1n) is 9.18. The summed E-state index contributed by atoms with van der Waals surface area (Å²) in [5, 5.41) is 3.56. The zero-order chi connectivity index (χ0) is 15.0. The van der Waals surface area contributed by atoms with Gasteiger partial charge in [0.05, 0.1) is 0 Å². The van der Waals surface area contributed by atoms with Crippen molar-refractivity contribution in [1.82, 2.24) is 5.32 Å². The maximum atomic E-state index is 3.56. The summed E-state index contributed by atoms with van der Waals surface area (Å²) in [5.41, 5.74) is 1.44. The molecule has 3 N–H and O–H groups in total. The van der Waals surface area contributed by atoms with Crippen molar-refractivity contribution >= 4 is 0 Å². The second-order valence-corrected chi connectivity index (χ2v) is 6.17. The zero-order valence-corrected chi connectivity index (χ0v) is 14.6. The first-order valence-corrected chi connectivity index (χ1v) is 9.18. The quantitative estimate of drug-likeness (QED) is 0.487. The van der Waals surface area contributed by atoms with Gasteiger partial charge in [-0.1, -0.05) is 95.0 Å². The molecule has 0 saturated carbocycles. The lowest BCUT2D eigenvalue weighted by atomic mass is 10.1. The fourth-order valence-corrected chi connectivity index (χ4v) is 2.74. The van der Waals surface area contributed by atoms with Gasteiger partial charge in [-0.3, -0.25) is 0 Å². The second-order valence-electron chi connectivity index (χ2n) is 6.17. The minimum atomic E-state index is 0. The number of nitrogens with one attached hydrogen (secondary N) is 1. The van der Waals surface area contributed by atoms with Crippen LogP contribution in [-0.4, -0.2) is 18.6 Å². The topological polar surface area (TPSA) is 43.5 Å². The molecular formula is C20H37NO. The fraction of sp³-hybridized carbons (Fsp3) is 0.700. The smallest absolute Gasteiger partial charge is 0.000835 e. The summed E-state index contributed by atoms with van der Waals surface area (Å²) in [7, 11) is 0. The molecule has 0 aliphatic rings. The normalized spacial score (nSPS) is 10.4. The highest BCUT2D eigenvalue weighted by molar-refractivity contribution is 5.14. The molecule has 22 heavy (non-hydrogen) atoms. The standard InChI is InChI=1S/C20H35N.H2O/c1-2-3-4-5-6-7-8-9-10-14-18-21-19-17-20-15-12-11-13-16-20;/h11-13,15-16,21H,2-10,14,17-19H2,1H3;1H2. The van der Waals surface area contributed by atoms with Gasteiger partial charge in [0.2, 0.25) is 0 Å². The third-order valence-electron chi connectivity index (χ3n) is 4.14. The number of benzene rings is 1. The van der Waals surface area contributed by atoms with Gasteiger partial charge < -0.3 is 10.8 Å². The summed E-state index contributed by atoms with van der Waals surface area (Å²) in [5.74, 6) is 0. The molecule has 0 radical (unpaired) electrons. The van der Waals surface area contributed by atoms with E-state index in [4.69, 9.17) is 0 Å². The number of rotatable bonds is 14. The van der Waals surface area contributed by atoms with Crippen LogP contribution < -0.4 is 5.32 Å². The van der Waals surface area contributed by atoms with E-state index in [1.165, 1.54) is 76.3 Å². The molecule has 1 rings (SSSR count). The van der Waals surface area contributed by atoms with Crippen LogP contribution in [0.15, 0.2) is 30.3 Å². The number of hydrogen-bond acceptors (Lipinski definition) is 1. The minimum absolute atomic E-state index is 0. The molecule has 0 atom stereocenters. The minimum Gasteiger partial charge on any atom is -0.412 e. The molecule has 0 aliphatic carbocycles. The van der Waals surface area contributed by atoms with Crippen molar-refractivity contribution < 1.29 is 5.48 Å². The van der Waals surface area contributed by atoms with Crippen LogP contribution in [-0.2, 0) is 6.42 Å². The Kier molecular flexibility index (Phi) is 15.9. The molecule has 0 aromatic heterocycles. The predicted octanol–water partition coefficient (Wildman–Crippen LogP) is 4.91. The maximum Gasteiger partial charge on any atom is -0.000835 e. The molecule has 0 saturated heterocycles. The highest BCUT2D eigenvalue weighted by atomic mass is 16.0. The van der Waals surface area contributed by atoms with Crippen LogP contribution in [0, 0.1) is 0 Å². The van der Waals surface area contributed by atoms with Crippen molar-refractivity contribution in [3.63, 3.8) is 0 Å². The van der Waals surface area contributed by atoms with Crippen LogP contribution in [0.5, 0.6) is 0 Å². The van der Waals surface area contributed by atoms with Crippen LogP contribution in [0.1, 0.15) is 76.7 Å². The van der Waals surface area contributed by atoms with Crippen molar-refractivity contribution in [3.05, 3.63) is 35.9 Å². The molecule has 1 aromatic carbocycles. The Morgan fingerprint density at radius 2 is 1.23 bits per heavy atom. The fourth-order valence-electron chi connectivity index (χ4n) is 2.74. The van der Waals surface area contributed by atoms with E-state index in [1.807, 2.05) is 0 Å². The number of unbranched alkanes of at least 4 members (excludes halogenated alkanes) is 9. The van der Waals surface area contributed by atoms with E-state index in [-0.39, 0.29) is 5.48 Å². The molecule has 128 valence electrons. The Balaban J connectivity index is 0.00000441. The Labute approximate surface area is 138 Å². The van der Waals surface area contributed by atoms with Gasteiger partial charge in [-0.05, 0) is 31.5 Å². The van der Waals surface area contributed by atoms with Gasteiger partial charge in [0, 0.05) is 0 Å². The van der Waals surface area contributed by atoms with Crippen molar-refractivity contribution in [1.29, 1.82) is 0 Å². The SMILES string of the molecule is CCCCCCCCCCCCNCCc1ccccc1.O. The molecule has 2 nitrogen and oxygen atoms in total. The van der Waals surface area contributed by atoms with Crippen LogP contribution in [0.4, 0.5) is 0 Å². The predicted molar refractivity (Wildman–Crippen MR) is 98.5 cm³/mol. The Hall–Kier alpha value is -0.860. The van der Waals surface area contributed by atoms with E-state index in [0.29, 0.717) is 0 Å². The van der Waals surface area contributed by atoms with Gasteiger partial charge >= 0.3 is 0 Å². The van der Waals surface area contributed by atoms with Gasteiger partial charge in [0.25, 0.3) is 0 Å². The molecular weight excluding hydrogens is 270 g/mol. The molecule has 0 amide bonds. The van der Waals surface area contributed by atoms with E-state index in [0.717, 1.165) is 13.0 Å². The lowest BCUT2D eigenvalue weighted by Crippen LogP contribution is -2.18. The summed E-state index contributed by atoms with van der Waals surface area (Å²) in [6.45, 7) is 4.58. The third-order valence-corrected chi connectivity index (χ3v) is 4.14. The van der Waals surface area contributed by atoms with Crippen LogP contribution in [0.2, 0.25) is 0 Å². The lowest BCUT2D eigenvalue weighted by molar-refractivity contribution is 0.544. The third kappa shape index (κ3) is 12.8. The van der Waals surface area contributed by atoms with E-state index in [2.05, 4.69) is 42.6 Å². The van der Waals surface area contributed by atoms with Gasteiger partial charge in [0.15, 0.2) is 0 Å². The molecule has 0 fully saturated rings. The molecule has 0 spiro atoms.